The van der Waals surface area contributed by atoms with Gasteiger partial charge in [-0.25, -0.2) is 0 Å². The van der Waals surface area contributed by atoms with Gasteiger partial charge >= 0.3 is 0 Å². The molecule has 1 amide bonds. The van der Waals surface area contributed by atoms with E-state index in [9.17, 15) is 4.79 Å². The first kappa shape index (κ1) is 16.8. The van der Waals surface area contributed by atoms with Crippen LogP contribution in [-0.2, 0) is 4.79 Å². The molecular formula is C14H29N3OS. The molecule has 1 N–H and O–H groups in total. The lowest BCUT2D eigenvalue weighted by Gasteiger charge is -2.29. The Labute approximate surface area is 122 Å². The van der Waals surface area contributed by atoms with Crippen LogP contribution in [0.4, 0.5) is 0 Å². The molecule has 1 rings (SSSR count). The van der Waals surface area contributed by atoms with E-state index >= 15 is 0 Å². The van der Waals surface area contributed by atoms with Crippen LogP contribution in [0.5, 0.6) is 0 Å². The Balaban J connectivity index is 2.09. The highest BCUT2D eigenvalue weighted by Gasteiger charge is 2.21. The number of thioether (sulfide) groups is 1. The van der Waals surface area contributed by atoms with Crippen LogP contribution < -0.4 is 5.32 Å². The van der Waals surface area contributed by atoms with E-state index in [0.717, 1.165) is 18.8 Å². The molecule has 4 nitrogen and oxygen atoms in total. The Morgan fingerprint density at radius 1 is 1.32 bits per heavy atom. The normalized spacial score (nSPS) is 17.1. The van der Waals surface area contributed by atoms with Gasteiger partial charge in [0.05, 0.1) is 5.75 Å². The zero-order valence-corrected chi connectivity index (χ0v) is 13.7. The molecule has 0 atom stereocenters. The summed E-state index contributed by atoms with van der Waals surface area (Å²) in [5, 5.41) is 3.10. The summed E-state index contributed by atoms with van der Waals surface area (Å²) in [6.45, 7) is 8.60. The third kappa shape index (κ3) is 7.80. The highest BCUT2D eigenvalue weighted by atomic mass is 32.2. The van der Waals surface area contributed by atoms with Crippen LogP contribution in [0.2, 0.25) is 0 Å². The second-order valence-electron chi connectivity index (χ2n) is 6.27. The maximum atomic E-state index is 11.9. The summed E-state index contributed by atoms with van der Waals surface area (Å²) < 4.78 is 0. The molecule has 0 aromatic heterocycles. The second-order valence-corrected chi connectivity index (χ2v) is 7.38. The van der Waals surface area contributed by atoms with Crippen LogP contribution >= 0.6 is 11.8 Å². The van der Waals surface area contributed by atoms with E-state index in [1.165, 1.54) is 25.9 Å². The lowest BCUT2D eigenvalue weighted by molar-refractivity contribution is -0.120. The van der Waals surface area contributed by atoms with Crippen molar-refractivity contribution in [3.63, 3.8) is 0 Å². The Morgan fingerprint density at radius 2 is 1.95 bits per heavy atom. The number of nitrogens with zero attached hydrogens (tertiary/aromatic N) is 2. The van der Waals surface area contributed by atoms with Crippen molar-refractivity contribution >= 4 is 17.7 Å². The van der Waals surface area contributed by atoms with E-state index in [4.69, 9.17) is 0 Å². The van der Waals surface area contributed by atoms with Crippen molar-refractivity contribution in [3.05, 3.63) is 0 Å². The number of rotatable bonds is 8. The van der Waals surface area contributed by atoms with Crippen LogP contribution in [0, 0.1) is 0 Å². The lowest BCUT2D eigenvalue weighted by Crippen LogP contribution is -2.50. The molecule has 0 aromatic carbocycles. The number of likely N-dealkylation sites (N-methyl/N-ethyl adjacent to an activating group) is 1. The van der Waals surface area contributed by atoms with Crippen LogP contribution in [0.3, 0.4) is 0 Å². The molecule has 0 bridgehead atoms. The number of hydrogen-bond donors (Lipinski definition) is 1. The summed E-state index contributed by atoms with van der Waals surface area (Å²) in [4.78, 5) is 16.5. The number of amides is 1. The SMILES string of the molecule is CN(C)CC(C)(C)NC(=O)CSCCN1CCCC1. The predicted molar refractivity (Wildman–Crippen MR) is 83.8 cm³/mol. The standard InChI is InChI=1S/C14H29N3OS/c1-14(2,12-16(3)4)15-13(18)11-19-10-9-17-7-5-6-8-17/h5-12H2,1-4H3,(H,15,18). The Morgan fingerprint density at radius 3 is 2.53 bits per heavy atom. The zero-order valence-electron chi connectivity index (χ0n) is 12.9. The molecule has 0 aromatic rings. The molecule has 0 spiro atoms. The van der Waals surface area contributed by atoms with Gasteiger partial charge in [-0.05, 0) is 53.9 Å². The van der Waals surface area contributed by atoms with Gasteiger partial charge in [0.25, 0.3) is 0 Å². The monoisotopic (exact) mass is 287 g/mol. The summed E-state index contributed by atoms with van der Waals surface area (Å²) >= 11 is 1.74. The van der Waals surface area contributed by atoms with Gasteiger partial charge in [-0.3, -0.25) is 4.79 Å². The van der Waals surface area contributed by atoms with Crippen molar-refractivity contribution in [1.82, 2.24) is 15.1 Å². The maximum Gasteiger partial charge on any atom is 0.230 e. The van der Waals surface area contributed by atoms with Gasteiger partial charge in [0.1, 0.15) is 0 Å². The van der Waals surface area contributed by atoms with Crippen molar-refractivity contribution in [2.24, 2.45) is 0 Å². The molecule has 0 aliphatic carbocycles. The molecule has 1 fully saturated rings. The summed E-state index contributed by atoms with van der Waals surface area (Å²) in [5.41, 5.74) is -0.157. The largest absolute Gasteiger partial charge is 0.349 e. The average molecular weight is 287 g/mol. The molecule has 1 aliphatic heterocycles. The molecule has 0 saturated carbocycles. The maximum absolute atomic E-state index is 11.9. The van der Waals surface area contributed by atoms with E-state index in [-0.39, 0.29) is 11.4 Å². The highest BCUT2D eigenvalue weighted by molar-refractivity contribution is 7.99. The van der Waals surface area contributed by atoms with E-state index in [1.54, 1.807) is 11.8 Å². The van der Waals surface area contributed by atoms with Crippen molar-refractivity contribution in [3.8, 4) is 0 Å². The second kappa shape index (κ2) is 8.12. The smallest absolute Gasteiger partial charge is 0.230 e. The van der Waals surface area contributed by atoms with E-state index < -0.39 is 0 Å². The fourth-order valence-electron chi connectivity index (χ4n) is 2.61. The van der Waals surface area contributed by atoms with Gasteiger partial charge in [-0.2, -0.15) is 11.8 Å². The van der Waals surface area contributed by atoms with Gasteiger partial charge in [-0.1, -0.05) is 0 Å². The third-order valence-corrected chi connectivity index (χ3v) is 4.11. The first-order chi connectivity index (χ1) is 8.89. The van der Waals surface area contributed by atoms with E-state index in [0.29, 0.717) is 5.75 Å². The predicted octanol–water partition coefficient (Wildman–Crippen LogP) is 1.27. The quantitative estimate of drug-likeness (QED) is 0.682. The van der Waals surface area contributed by atoms with Gasteiger partial charge in [0.2, 0.25) is 5.91 Å². The molecule has 5 heteroatoms. The van der Waals surface area contributed by atoms with Crippen LogP contribution in [0.25, 0.3) is 0 Å². The Bertz CT molecular complexity index is 276. The number of carbonyl (C=O) groups is 1. The summed E-state index contributed by atoms with van der Waals surface area (Å²) in [6.07, 6.45) is 2.67. The van der Waals surface area contributed by atoms with Crippen molar-refractivity contribution in [2.45, 2.75) is 32.2 Å². The first-order valence-electron chi connectivity index (χ1n) is 7.15. The molecule has 112 valence electrons. The van der Waals surface area contributed by atoms with Crippen LogP contribution in [-0.4, -0.2) is 73.0 Å². The number of hydrogen-bond acceptors (Lipinski definition) is 4. The minimum Gasteiger partial charge on any atom is -0.349 e. The van der Waals surface area contributed by atoms with Gasteiger partial charge in [0.15, 0.2) is 0 Å². The average Bonchev–Trinajstić information content (AvgIpc) is 2.74. The molecule has 19 heavy (non-hydrogen) atoms. The van der Waals surface area contributed by atoms with Crippen molar-refractivity contribution < 1.29 is 4.79 Å². The summed E-state index contributed by atoms with van der Waals surface area (Å²) in [7, 11) is 4.05. The zero-order chi connectivity index (χ0) is 14.3. The summed E-state index contributed by atoms with van der Waals surface area (Å²) in [5.74, 6) is 1.78. The molecule has 1 heterocycles. The number of nitrogens with one attached hydrogen (secondary N) is 1. The molecule has 1 saturated heterocycles. The molecule has 1 aliphatic rings. The van der Waals surface area contributed by atoms with Crippen molar-refractivity contribution in [1.29, 1.82) is 0 Å². The third-order valence-electron chi connectivity index (χ3n) is 3.17. The van der Waals surface area contributed by atoms with Gasteiger partial charge in [-0.15, -0.1) is 0 Å². The minimum atomic E-state index is -0.157. The molecule has 0 unspecified atom stereocenters. The van der Waals surface area contributed by atoms with Crippen LogP contribution in [0.15, 0.2) is 0 Å². The fraction of sp³-hybridized carbons (Fsp3) is 0.929. The minimum absolute atomic E-state index is 0.151. The first-order valence-corrected chi connectivity index (χ1v) is 8.30. The molecule has 0 radical (unpaired) electrons. The molecular weight excluding hydrogens is 258 g/mol. The van der Waals surface area contributed by atoms with Gasteiger partial charge in [0, 0.05) is 24.4 Å². The van der Waals surface area contributed by atoms with Gasteiger partial charge < -0.3 is 15.1 Å². The Kier molecular flexibility index (Phi) is 7.18. The van der Waals surface area contributed by atoms with Crippen molar-refractivity contribution in [2.75, 3.05) is 51.8 Å². The topological polar surface area (TPSA) is 35.6 Å². The van der Waals surface area contributed by atoms with E-state index in [1.807, 2.05) is 14.1 Å². The Hall–Kier alpha value is -0.260. The fourth-order valence-corrected chi connectivity index (χ4v) is 3.40. The highest BCUT2D eigenvalue weighted by Crippen LogP contribution is 2.10. The van der Waals surface area contributed by atoms with Crippen LogP contribution in [0.1, 0.15) is 26.7 Å². The number of carbonyl (C=O) groups excluding carboxylic acids is 1. The lowest BCUT2D eigenvalue weighted by atomic mass is 10.1. The number of likely N-dealkylation sites (tertiary alicyclic amines) is 1. The summed E-state index contributed by atoms with van der Waals surface area (Å²) in [6, 6.07) is 0. The van der Waals surface area contributed by atoms with E-state index in [2.05, 4.69) is 29.0 Å².